The number of hydrogen-bond donors (Lipinski definition) is 1. The van der Waals surface area contributed by atoms with Crippen molar-refractivity contribution in [3.63, 3.8) is 0 Å². The van der Waals surface area contributed by atoms with Crippen LogP contribution in [0.5, 0.6) is 0 Å². The summed E-state index contributed by atoms with van der Waals surface area (Å²) < 4.78 is 9.38. The summed E-state index contributed by atoms with van der Waals surface area (Å²) in [6.07, 6.45) is 2.74. The molecule has 0 amide bonds. The Labute approximate surface area is 100.0 Å². The van der Waals surface area contributed by atoms with E-state index in [4.69, 9.17) is 4.74 Å². The van der Waals surface area contributed by atoms with Crippen molar-refractivity contribution in [1.82, 2.24) is 14.5 Å². The lowest BCUT2D eigenvalue weighted by molar-refractivity contribution is 0.0282. The summed E-state index contributed by atoms with van der Waals surface area (Å²) in [6.45, 7) is 2.99. The summed E-state index contributed by atoms with van der Waals surface area (Å²) in [5, 5.41) is 8.35. The largest absolute Gasteiger partial charge is 0.380 e. The van der Waals surface area contributed by atoms with E-state index in [0.29, 0.717) is 6.10 Å². The Morgan fingerprint density at radius 3 is 3.25 bits per heavy atom. The van der Waals surface area contributed by atoms with E-state index in [1.165, 1.54) is 24.4 Å². The molecular formula is C10H18N4OS. The number of anilines is 1. The lowest BCUT2D eigenvalue weighted by Gasteiger charge is -2.31. The molecular weight excluding hydrogens is 224 g/mol. The predicted molar refractivity (Wildman–Crippen MR) is 64.8 cm³/mol. The van der Waals surface area contributed by atoms with Gasteiger partial charge in [0.1, 0.15) is 10.7 Å². The molecule has 0 radical (unpaired) electrons. The van der Waals surface area contributed by atoms with E-state index >= 15 is 0 Å². The lowest BCUT2D eigenvalue weighted by Crippen LogP contribution is -2.38. The number of rotatable bonds is 4. The fourth-order valence-electron chi connectivity index (χ4n) is 2.06. The molecule has 1 unspecified atom stereocenters. The number of hydrogen-bond acceptors (Lipinski definition) is 6. The number of ether oxygens (including phenoxy) is 1. The molecule has 1 N–H and O–H groups in total. The minimum absolute atomic E-state index is 0.374. The molecule has 1 aromatic rings. The summed E-state index contributed by atoms with van der Waals surface area (Å²) in [5.74, 6) is 0. The molecule has 1 aliphatic heterocycles. The molecule has 6 heteroatoms. The zero-order valence-electron chi connectivity index (χ0n) is 9.77. The zero-order chi connectivity index (χ0) is 11.4. The van der Waals surface area contributed by atoms with Gasteiger partial charge in [-0.1, -0.05) is 4.49 Å². The Morgan fingerprint density at radius 1 is 1.62 bits per heavy atom. The number of aromatic nitrogens is 2. The Balaban J connectivity index is 1.93. The maximum atomic E-state index is 5.41. The topological polar surface area (TPSA) is 50.3 Å². The summed E-state index contributed by atoms with van der Waals surface area (Å²) in [5.41, 5.74) is 1.05. The monoisotopic (exact) mass is 242 g/mol. The summed E-state index contributed by atoms with van der Waals surface area (Å²) in [4.78, 5) is 2.38. The fourth-order valence-corrected chi connectivity index (χ4v) is 2.59. The molecule has 1 atom stereocenters. The Bertz CT molecular complexity index is 330. The third kappa shape index (κ3) is 2.69. The molecule has 5 nitrogen and oxygen atoms in total. The molecule has 0 saturated carbocycles. The van der Waals surface area contributed by atoms with E-state index in [0.717, 1.165) is 30.3 Å². The third-order valence-corrected chi connectivity index (χ3v) is 3.74. The van der Waals surface area contributed by atoms with E-state index in [9.17, 15) is 0 Å². The highest BCUT2D eigenvalue weighted by Crippen LogP contribution is 2.21. The fraction of sp³-hybridized carbons (Fsp3) is 0.800. The molecule has 0 aromatic carbocycles. The van der Waals surface area contributed by atoms with Crippen LogP contribution >= 0.6 is 11.5 Å². The maximum Gasteiger partial charge on any atom is 0.134 e. The minimum atomic E-state index is 0.374. The van der Waals surface area contributed by atoms with Crippen molar-refractivity contribution >= 4 is 16.5 Å². The van der Waals surface area contributed by atoms with Crippen LogP contribution in [-0.2, 0) is 11.3 Å². The van der Waals surface area contributed by atoms with Gasteiger partial charge in [-0.25, -0.2) is 0 Å². The van der Waals surface area contributed by atoms with Gasteiger partial charge in [-0.3, -0.25) is 4.90 Å². The van der Waals surface area contributed by atoms with Gasteiger partial charge in [-0.15, -0.1) is 5.10 Å². The van der Waals surface area contributed by atoms with Crippen LogP contribution in [0.25, 0.3) is 0 Å². The summed E-state index contributed by atoms with van der Waals surface area (Å²) in [6, 6.07) is 0. The summed E-state index contributed by atoms with van der Waals surface area (Å²) >= 11 is 1.41. The van der Waals surface area contributed by atoms with Crippen LogP contribution in [0, 0.1) is 0 Å². The minimum Gasteiger partial charge on any atom is -0.380 e. The highest BCUT2D eigenvalue weighted by molar-refractivity contribution is 7.10. The van der Waals surface area contributed by atoms with Crippen molar-refractivity contribution < 1.29 is 4.74 Å². The van der Waals surface area contributed by atoms with E-state index in [-0.39, 0.29) is 0 Å². The SMILES string of the molecule is CNc1snnc1CN1CCCC(OC)C1. The number of nitrogens with one attached hydrogen (secondary N) is 1. The third-order valence-electron chi connectivity index (χ3n) is 2.95. The number of nitrogens with zero attached hydrogens (tertiary/aromatic N) is 3. The van der Waals surface area contributed by atoms with Gasteiger partial charge in [0.2, 0.25) is 0 Å². The first kappa shape index (κ1) is 11.8. The maximum absolute atomic E-state index is 5.41. The van der Waals surface area contributed by atoms with Crippen LogP contribution in [-0.4, -0.2) is 47.8 Å². The second-order valence-electron chi connectivity index (χ2n) is 4.03. The molecule has 1 aromatic heterocycles. The van der Waals surface area contributed by atoms with Crippen LogP contribution < -0.4 is 5.32 Å². The second-order valence-corrected chi connectivity index (χ2v) is 4.79. The Hall–Kier alpha value is -0.720. The van der Waals surface area contributed by atoms with Gasteiger partial charge in [0, 0.05) is 38.8 Å². The first-order chi connectivity index (χ1) is 7.83. The van der Waals surface area contributed by atoms with Gasteiger partial charge >= 0.3 is 0 Å². The Morgan fingerprint density at radius 2 is 2.50 bits per heavy atom. The second kappa shape index (κ2) is 5.56. The van der Waals surface area contributed by atoms with Gasteiger partial charge in [0.25, 0.3) is 0 Å². The van der Waals surface area contributed by atoms with E-state index in [1.54, 1.807) is 7.11 Å². The van der Waals surface area contributed by atoms with Crippen LogP contribution in [0.3, 0.4) is 0 Å². The molecule has 16 heavy (non-hydrogen) atoms. The molecule has 1 saturated heterocycles. The van der Waals surface area contributed by atoms with Crippen molar-refractivity contribution in [2.24, 2.45) is 0 Å². The molecule has 0 spiro atoms. The first-order valence-electron chi connectivity index (χ1n) is 5.57. The van der Waals surface area contributed by atoms with Gasteiger partial charge < -0.3 is 10.1 Å². The van der Waals surface area contributed by atoms with Gasteiger partial charge in [0.15, 0.2) is 0 Å². The predicted octanol–water partition coefficient (Wildman–Crippen LogP) is 1.19. The molecule has 0 bridgehead atoms. The lowest BCUT2D eigenvalue weighted by atomic mass is 10.1. The van der Waals surface area contributed by atoms with E-state index < -0.39 is 0 Å². The average molecular weight is 242 g/mol. The summed E-state index contributed by atoms with van der Waals surface area (Å²) in [7, 11) is 3.70. The average Bonchev–Trinajstić information content (AvgIpc) is 2.76. The van der Waals surface area contributed by atoms with Gasteiger partial charge in [-0.2, -0.15) is 0 Å². The van der Waals surface area contributed by atoms with Crippen LogP contribution in [0.4, 0.5) is 5.00 Å². The van der Waals surface area contributed by atoms with E-state index in [1.807, 2.05) is 7.05 Å². The zero-order valence-corrected chi connectivity index (χ0v) is 10.6. The molecule has 1 aliphatic rings. The molecule has 1 fully saturated rings. The number of likely N-dealkylation sites (tertiary alicyclic amines) is 1. The molecule has 2 heterocycles. The first-order valence-corrected chi connectivity index (χ1v) is 6.35. The normalized spacial score (nSPS) is 22.2. The van der Waals surface area contributed by atoms with Gasteiger partial charge in [-0.05, 0) is 19.4 Å². The quantitative estimate of drug-likeness (QED) is 0.859. The standard InChI is InChI=1S/C10H18N4OS/c1-11-10-9(12-13-16-10)7-14-5-3-4-8(6-14)15-2/h8,11H,3-7H2,1-2H3. The van der Waals surface area contributed by atoms with Crippen molar-refractivity contribution in [2.75, 3.05) is 32.6 Å². The Kier molecular flexibility index (Phi) is 4.09. The highest BCUT2D eigenvalue weighted by Gasteiger charge is 2.21. The smallest absolute Gasteiger partial charge is 0.134 e. The van der Waals surface area contributed by atoms with Gasteiger partial charge in [0.05, 0.1) is 6.10 Å². The van der Waals surface area contributed by atoms with Crippen molar-refractivity contribution in [2.45, 2.75) is 25.5 Å². The van der Waals surface area contributed by atoms with Crippen LogP contribution in [0.1, 0.15) is 18.5 Å². The molecule has 2 rings (SSSR count). The van der Waals surface area contributed by atoms with Crippen molar-refractivity contribution in [3.05, 3.63) is 5.69 Å². The number of piperidine rings is 1. The van der Waals surface area contributed by atoms with Crippen molar-refractivity contribution in [1.29, 1.82) is 0 Å². The van der Waals surface area contributed by atoms with E-state index in [2.05, 4.69) is 19.8 Å². The van der Waals surface area contributed by atoms with Crippen LogP contribution in [0.15, 0.2) is 0 Å². The highest BCUT2D eigenvalue weighted by atomic mass is 32.1. The number of methoxy groups -OCH3 is 1. The molecule has 0 aliphatic carbocycles. The van der Waals surface area contributed by atoms with Crippen molar-refractivity contribution in [3.8, 4) is 0 Å². The van der Waals surface area contributed by atoms with Crippen LogP contribution in [0.2, 0.25) is 0 Å². The molecule has 90 valence electrons.